The molecule has 0 bridgehead atoms. The molecule has 1 aromatic heterocycles. The van der Waals surface area contributed by atoms with Crippen LogP contribution in [0.1, 0.15) is 42.6 Å². The first kappa shape index (κ1) is 10.6. The molecule has 0 amide bonds. The first-order valence-electron chi connectivity index (χ1n) is 7.14. The summed E-state index contributed by atoms with van der Waals surface area (Å²) in [6.07, 6.45) is 2.36. The summed E-state index contributed by atoms with van der Waals surface area (Å²) in [5.74, 6) is 0.658. The first-order valence-corrected chi connectivity index (χ1v) is 7.14. The molecule has 1 aromatic carbocycles. The van der Waals surface area contributed by atoms with E-state index in [1.807, 2.05) is 0 Å². The van der Waals surface area contributed by atoms with Crippen molar-refractivity contribution >= 4 is 10.9 Å². The number of aromatic nitrogens is 1. The SMILES string of the molecule is CC1c2cccc3c4c(n(c23)C1C)CCNCC4. The third-order valence-corrected chi connectivity index (χ3v) is 4.98. The van der Waals surface area contributed by atoms with Gasteiger partial charge in [0.05, 0.1) is 5.52 Å². The molecule has 1 N–H and O–H groups in total. The van der Waals surface area contributed by atoms with Crippen LogP contribution in [0.3, 0.4) is 0 Å². The van der Waals surface area contributed by atoms with Gasteiger partial charge in [-0.3, -0.25) is 0 Å². The van der Waals surface area contributed by atoms with Crippen molar-refractivity contribution in [2.75, 3.05) is 13.1 Å². The normalized spacial score (nSPS) is 26.3. The van der Waals surface area contributed by atoms with Crippen LogP contribution in [0, 0.1) is 0 Å². The van der Waals surface area contributed by atoms with E-state index in [4.69, 9.17) is 0 Å². The minimum Gasteiger partial charge on any atom is -0.341 e. The van der Waals surface area contributed by atoms with Crippen molar-refractivity contribution in [3.05, 3.63) is 35.0 Å². The van der Waals surface area contributed by atoms with Crippen LogP contribution in [0.4, 0.5) is 0 Å². The fourth-order valence-electron chi connectivity index (χ4n) is 3.91. The maximum absolute atomic E-state index is 3.53. The van der Waals surface area contributed by atoms with E-state index in [2.05, 4.69) is 41.9 Å². The van der Waals surface area contributed by atoms with E-state index in [0.717, 1.165) is 13.1 Å². The predicted octanol–water partition coefficient (Wildman–Crippen LogP) is 3.01. The summed E-state index contributed by atoms with van der Waals surface area (Å²) in [6.45, 7) is 7.00. The summed E-state index contributed by atoms with van der Waals surface area (Å²) < 4.78 is 2.64. The van der Waals surface area contributed by atoms with Gasteiger partial charge in [0.2, 0.25) is 0 Å². The van der Waals surface area contributed by atoms with Gasteiger partial charge in [-0.2, -0.15) is 0 Å². The second kappa shape index (κ2) is 3.61. The number of benzene rings is 1. The number of hydrogen-bond acceptors (Lipinski definition) is 1. The molecule has 0 fully saturated rings. The van der Waals surface area contributed by atoms with E-state index in [1.165, 1.54) is 23.7 Å². The number of para-hydroxylation sites is 1. The Morgan fingerprint density at radius 1 is 1.17 bits per heavy atom. The summed E-state index contributed by atoms with van der Waals surface area (Å²) in [5.41, 5.74) is 6.29. The highest BCUT2D eigenvalue weighted by Gasteiger charge is 2.32. The van der Waals surface area contributed by atoms with Gasteiger partial charge in [0.25, 0.3) is 0 Å². The molecule has 94 valence electrons. The van der Waals surface area contributed by atoms with Crippen LogP contribution in [-0.2, 0) is 12.8 Å². The Morgan fingerprint density at radius 2 is 2.00 bits per heavy atom. The molecule has 3 heterocycles. The van der Waals surface area contributed by atoms with Crippen molar-refractivity contribution in [1.82, 2.24) is 9.88 Å². The second-order valence-electron chi connectivity index (χ2n) is 5.82. The van der Waals surface area contributed by atoms with Gasteiger partial charge in [-0.15, -0.1) is 0 Å². The molecule has 2 nitrogen and oxygen atoms in total. The predicted molar refractivity (Wildman–Crippen MR) is 75.3 cm³/mol. The van der Waals surface area contributed by atoms with Crippen molar-refractivity contribution in [3.63, 3.8) is 0 Å². The van der Waals surface area contributed by atoms with Crippen molar-refractivity contribution in [2.24, 2.45) is 0 Å². The molecule has 2 aromatic rings. The van der Waals surface area contributed by atoms with Crippen molar-refractivity contribution in [1.29, 1.82) is 0 Å². The van der Waals surface area contributed by atoms with Gasteiger partial charge in [0.1, 0.15) is 0 Å². The lowest BCUT2D eigenvalue weighted by Gasteiger charge is -2.17. The van der Waals surface area contributed by atoms with Crippen molar-refractivity contribution < 1.29 is 0 Å². The smallest absolute Gasteiger partial charge is 0.0524 e. The lowest BCUT2D eigenvalue weighted by molar-refractivity contribution is 0.498. The standard InChI is InChI=1S/C16H20N2/c1-10-11(2)18-15-7-9-17-8-6-13(15)14-5-3-4-12(10)16(14)18/h3-5,10-11,17H,6-9H2,1-2H3. The highest BCUT2D eigenvalue weighted by atomic mass is 15.1. The van der Waals surface area contributed by atoms with Gasteiger partial charge in [-0.05, 0) is 31.0 Å². The van der Waals surface area contributed by atoms with Crippen LogP contribution in [0.15, 0.2) is 18.2 Å². The van der Waals surface area contributed by atoms with Gasteiger partial charge in [-0.1, -0.05) is 25.1 Å². The Labute approximate surface area is 108 Å². The van der Waals surface area contributed by atoms with Crippen molar-refractivity contribution in [3.8, 4) is 0 Å². The van der Waals surface area contributed by atoms with Crippen LogP contribution in [0.5, 0.6) is 0 Å². The van der Waals surface area contributed by atoms with Crippen LogP contribution >= 0.6 is 0 Å². The number of rotatable bonds is 0. The van der Waals surface area contributed by atoms with E-state index in [0.29, 0.717) is 12.0 Å². The molecule has 0 aliphatic carbocycles. The maximum Gasteiger partial charge on any atom is 0.0524 e. The number of hydrogen-bond donors (Lipinski definition) is 1. The maximum atomic E-state index is 3.53. The number of fused-ring (bicyclic) bond motifs is 3. The van der Waals surface area contributed by atoms with E-state index < -0.39 is 0 Å². The summed E-state index contributed by atoms with van der Waals surface area (Å²) >= 11 is 0. The van der Waals surface area contributed by atoms with E-state index in [9.17, 15) is 0 Å². The topological polar surface area (TPSA) is 17.0 Å². The lowest BCUT2D eigenvalue weighted by Crippen LogP contribution is -2.17. The number of nitrogens with one attached hydrogen (secondary N) is 1. The Balaban J connectivity index is 2.10. The molecule has 0 radical (unpaired) electrons. The molecule has 18 heavy (non-hydrogen) atoms. The number of nitrogens with zero attached hydrogens (tertiary/aromatic N) is 1. The molecule has 0 spiro atoms. The van der Waals surface area contributed by atoms with Gasteiger partial charge in [0.15, 0.2) is 0 Å². The molecule has 2 heteroatoms. The molecular formula is C16H20N2. The Morgan fingerprint density at radius 3 is 2.89 bits per heavy atom. The highest BCUT2D eigenvalue weighted by molar-refractivity contribution is 5.90. The zero-order chi connectivity index (χ0) is 12.3. The molecule has 2 unspecified atom stereocenters. The van der Waals surface area contributed by atoms with E-state index in [-0.39, 0.29) is 0 Å². The monoisotopic (exact) mass is 240 g/mol. The zero-order valence-corrected chi connectivity index (χ0v) is 11.2. The summed E-state index contributed by atoms with van der Waals surface area (Å²) in [6, 6.07) is 7.51. The van der Waals surface area contributed by atoms with Gasteiger partial charge in [-0.25, -0.2) is 0 Å². The van der Waals surface area contributed by atoms with Gasteiger partial charge >= 0.3 is 0 Å². The highest BCUT2D eigenvalue weighted by Crippen LogP contribution is 2.45. The molecule has 2 aliphatic rings. The Bertz CT molecular complexity index is 624. The molecule has 2 aliphatic heterocycles. The minimum absolute atomic E-state index is 0.617. The fourth-order valence-corrected chi connectivity index (χ4v) is 3.91. The average Bonchev–Trinajstić information content (AvgIpc) is 2.70. The van der Waals surface area contributed by atoms with Crippen LogP contribution in [0.2, 0.25) is 0 Å². The fraction of sp³-hybridized carbons (Fsp3) is 0.500. The van der Waals surface area contributed by atoms with Crippen LogP contribution < -0.4 is 5.32 Å². The third-order valence-electron chi connectivity index (χ3n) is 4.98. The first-order chi connectivity index (χ1) is 8.79. The van der Waals surface area contributed by atoms with Gasteiger partial charge < -0.3 is 9.88 Å². The lowest BCUT2D eigenvalue weighted by atomic mass is 9.94. The Hall–Kier alpha value is -1.28. The largest absolute Gasteiger partial charge is 0.341 e. The van der Waals surface area contributed by atoms with Crippen molar-refractivity contribution in [2.45, 2.75) is 38.6 Å². The molecule has 0 saturated heterocycles. The van der Waals surface area contributed by atoms with E-state index >= 15 is 0 Å². The zero-order valence-electron chi connectivity index (χ0n) is 11.2. The Kier molecular flexibility index (Phi) is 2.13. The second-order valence-corrected chi connectivity index (χ2v) is 5.82. The average molecular weight is 240 g/mol. The molecular weight excluding hydrogens is 220 g/mol. The quantitative estimate of drug-likeness (QED) is 0.749. The molecule has 2 atom stereocenters. The minimum atomic E-state index is 0.617. The van der Waals surface area contributed by atoms with Crippen LogP contribution in [-0.4, -0.2) is 17.7 Å². The molecule has 4 rings (SSSR count). The summed E-state index contributed by atoms with van der Waals surface area (Å²) in [4.78, 5) is 0. The van der Waals surface area contributed by atoms with Crippen LogP contribution in [0.25, 0.3) is 10.9 Å². The van der Waals surface area contributed by atoms with E-state index in [1.54, 1.807) is 16.8 Å². The molecule has 0 saturated carbocycles. The summed E-state index contributed by atoms with van der Waals surface area (Å²) in [7, 11) is 0. The third kappa shape index (κ3) is 1.17. The summed E-state index contributed by atoms with van der Waals surface area (Å²) in [5, 5.41) is 5.04. The van der Waals surface area contributed by atoms with Gasteiger partial charge in [0, 0.05) is 36.0 Å².